The van der Waals surface area contributed by atoms with Crippen LogP contribution in [0.3, 0.4) is 0 Å². The first-order valence-corrected chi connectivity index (χ1v) is 7.78. The molecule has 1 heterocycles. The quantitative estimate of drug-likeness (QED) is 0.897. The minimum Gasteiger partial charge on any atom is -0.365 e. The Morgan fingerprint density at radius 1 is 1.26 bits per heavy atom. The molecule has 1 saturated carbocycles. The average molecular weight is 258 g/mol. The number of hydrogen-bond acceptors (Lipinski definition) is 2. The van der Waals surface area contributed by atoms with Gasteiger partial charge in [-0.15, -0.1) is 0 Å². The molecule has 2 nitrogen and oxygen atoms in total. The van der Waals surface area contributed by atoms with E-state index in [2.05, 4.69) is 36.1 Å². The van der Waals surface area contributed by atoms with E-state index >= 15 is 0 Å². The minimum atomic E-state index is 0.140. The maximum atomic E-state index is 6.18. The van der Waals surface area contributed by atoms with Crippen LogP contribution in [0, 0.1) is 5.92 Å². The number of nitrogens with zero attached hydrogens (tertiary/aromatic N) is 1. The third-order valence-corrected chi connectivity index (χ3v) is 5.15. The molecule has 0 radical (unpaired) electrons. The lowest BCUT2D eigenvalue weighted by Crippen LogP contribution is -2.55. The van der Waals surface area contributed by atoms with Crippen LogP contribution in [0.25, 0.3) is 0 Å². The summed E-state index contributed by atoms with van der Waals surface area (Å²) in [5, 5.41) is 0. The number of hydrogen-bond donors (Lipinski definition) is 1. The van der Waals surface area contributed by atoms with Crippen LogP contribution < -0.4 is 10.6 Å². The third kappa shape index (κ3) is 2.38. The molecule has 2 heteroatoms. The summed E-state index contributed by atoms with van der Waals surface area (Å²) in [5.41, 5.74) is 9.25. The van der Waals surface area contributed by atoms with Crippen molar-refractivity contribution < 1.29 is 0 Å². The third-order valence-electron chi connectivity index (χ3n) is 5.15. The van der Waals surface area contributed by atoms with Crippen molar-refractivity contribution in [1.29, 1.82) is 0 Å². The Morgan fingerprint density at radius 2 is 2.05 bits per heavy atom. The molecule has 0 aromatic heterocycles. The number of anilines is 1. The summed E-state index contributed by atoms with van der Waals surface area (Å²) in [4.78, 5) is 2.60. The molecule has 104 valence electrons. The van der Waals surface area contributed by atoms with Gasteiger partial charge in [-0.25, -0.2) is 0 Å². The van der Waals surface area contributed by atoms with E-state index < -0.39 is 0 Å². The van der Waals surface area contributed by atoms with Crippen molar-refractivity contribution >= 4 is 5.69 Å². The Morgan fingerprint density at radius 3 is 2.74 bits per heavy atom. The molecule has 1 aliphatic heterocycles. The van der Waals surface area contributed by atoms with Crippen LogP contribution >= 0.6 is 0 Å². The molecule has 1 aromatic rings. The molecule has 0 saturated heterocycles. The zero-order valence-corrected chi connectivity index (χ0v) is 12.1. The number of rotatable bonds is 4. The van der Waals surface area contributed by atoms with Crippen molar-refractivity contribution in [3.05, 3.63) is 29.8 Å². The van der Waals surface area contributed by atoms with Crippen molar-refractivity contribution in [2.24, 2.45) is 11.7 Å². The normalized spacial score (nSPS) is 22.5. The van der Waals surface area contributed by atoms with Crippen LogP contribution in [0.5, 0.6) is 0 Å². The van der Waals surface area contributed by atoms with Gasteiger partial charge in [-0.2, -0.15) is 0 Å². The lowest BCUT2D eigenvalue weighted by atomic mass is 9.75. The van der Waals surface area contributed by atoms with Gasteiger partial charge in [0.15, 0.2) is 0 Å². The van der Waals surface area contributed by atoms with Crippen molar-refractivity contribution in [3.8, 4) is 0 Å². The highest BCUT2D eigenvalue weighted by Gasteiger charge is 2.36. The van der Waals surface area contributed by atoms with Crippen LogP contribution in [0.15, 0.2) is 24.3 Å². The Balaban J connectivity index is 1.86. The highest BCUT2D eigenvalue weighted by atomic mass is 15.2. The summed E-state index contributed by atoms with van der Waals surface area (Å²) in [6.07, 6.45) is 7.98. The summed E-state index contributed by atoms with van der Waals surface area (Å²) in [6, 6.07) is 8.89. The molecule has 3 rings (SSSR count). The molecule has 2 N–H and O–H groups in total. The summed E-state index contributed by atoms with van der Waals surface area (Å²) in [5.74, 6) is 0.905. The van der Waals surface area contributed by atoms with Crippen LogP contribution in [0.4, 0.5) is 5.69 Å². The van der Waals surface area contributed by atoms with Crippen molar-refractivity contribution in [1.82, 2.24) is 0 Å². The second kappa shape index (κ2) is 5.16. The van der Waals surface area contributed by atoms with E-state index in [1.165, 1.54) is 49.8 Å². The molecular formula is C17H26N2. The highest BCUT2D eigenvalue weighted by Crippen LogP contribution is 2.39. The molecule has 2 aliphatic rings. The summed E-state index contributed by atoms with van der Waals surface area (Å²) in [7, 11) is 0. The lowest BCUT2D eigenvalue weighted by molar-refractivity contribution is 0.227. The fraction of sp³-hybridized carbons (Fsp3) is 0.647. The van der Waals surface area contributed by atoms with E-state index in [-0.39, 0.29) is 5.54 Å². The van der Waals surface area contributed by atoms with Gasteiger partial charge in [0.1, 0.15) is 0 Å². The fourth-order valence-corrected chi connectivity index (χ4v) is 3.72. The minimum absolute atomic E-state index is 0.140. The second-order valence-corrected chi connectivity index (χ2v) is 6.59. The molecule has 1 aliphatic carbocycles. The van der Waals surface area contributed by atoms with Gasteiger partial charge in [-0.3, -0.25) is 0 Å². The zero-order valence-electron chi connectivity index (χ0n) is 12.1. The fourth-order valence-electron chi connectivity index (χ4n) is 3.72. The first-order chi connectivity index (χ1) is 9.23. The Hall–Kier alpha value is -1.02. The van der Waals surface area contributed by atoms with Gasteiger partial charge >= 0.3 is 0 Å². The van der Waals surface area contributed by atoms with Crippen LogP contribution in [-0.4, -0.2) is 18.6 Å². The van der Waals surface area contributed by atoms with Gasteiger partial charge in [-0.1, -0.05) is 37.5 Å². The van der Waals surface area contributed by atoms with Gasteiger partial charge in [0.05, 0.1) is 0 Å². The predicted molar refractivity (Wildman–Crippen MR) is 81.5 cm³/mol. The number of nitrogens with two attached hydrogens (primary N) is 1. The Bertz CT molecular complexity index is 439. The number of aryl methyl sites for hydroxylation is 1. The first kappa shape index (κ1) is 13.0. The van der Waals surface area contributed by atoms with E-state index in [1.807, 2.05) is 0 Å². The largest absolute Gasteiger partial charge is 0.365 e. The Kier molecular flexibility index (Phi) is 3.53. The first-order valence-electron chi connectivity index (χ1n) is 7.78. The zero-order chi connectivity index (χ0) is 13.3. The smallest absolute Gasteiger partial charge is 0.0498 e. The van der Waals surface area contributed by atoms with Gasteiger partial charge < -0.3 is 10.6 Å². The van der Waals surface area contributed by atoms with E-state index in [0.29, 0.717) is 0 Å². The van der Waals surface area contributed by atoms with Crippen LogP contribution in [-0.2, 0) is 6.42 Å². The summed E-state index contributed by atoms with van der Waals surface area (Å²) in [6.45, 7) is 4.29. The van der Waals surface area contributed by atoms with Crippen LogP contribution in [0.2, 0.25) is 0 Å². The van der Waals surface area contributed by atoms with E-state index in [1.54, 1.807) is 0 Å². The number of para-hydroxylation sites is 1. The maximum absolute atomic E-state index is 6.18. The monoisotopic (exact) mass is 258 g/mol. The van der Waals surface area contributed by atoms with Crippen molar-refractivity contribution in [3.63, 3.8) is 0 Å². The highest BCUT2D eigenvalue weighted by molar-refractivity contribution is 5.57. The van der Waals surface area contributed by atoms with Crippen molar-refractivity contribution in [2.75, 3.05) is 18.0 Å². The topological polar surface area (TPSA) is 29.3 Å². The molecule has 0 amide bonds. The predicted octanol–water partition coefficient (Wildman–Crippen LogP) is 3.35. The molecule has 1 unspecified atom stereocenters. The van der Waals surface area contributed by atoms with Crippen molar-refractivity contribution in [2.45, 2.75) is 51.0 Å². The standard InChI is InChI=1S/C17H26N2/c1-17(13-18,12-14-6-4-7-14)19-11-5-9-15-8-2-3-10-16(15)19/h2-3,8,10,14H,4-7,9,11-13,18H2,1H3. The second-order valence-electron chi connectivity index (χ2n) is 6.59. The average Bonchev–Trinajstić information content (AvgIpc) is 2.42. The van der Waals surface area contributed by atoms with Crippen LogP contribution in [0.1, 0.15) is 44.6 Å². The molecule has 1 aromatic carbocycles. The molecule has 0 spiro atoms. The van der Waals surface area contributed by atoms with Gasteiger partial charge in [0.25, 0.3) is 0 Å². The van der Waals surface area contributed by atoms with Gasteiger partial charge in [0, 0.05) is 24.3 Å². The van der Waals surface area contributed by atoms with Gasteiger partial charge in [-0.05, 0) is 43.7 Å². The molecule has 19 heavy (non-hydrogen) atoms. The summed E-state index contributed by atoms with van der Waals surface area (Å²) < 4.78 is 0. The van der Waals surface area contributed by atoms with E-state index in [9.17, 15) is 0 Å². The number of benzene rings is 1. The number of fused-ring (bicyclic) bond motifs is 1. The SMILES string of the molecule is CC(CN)(CC1CCC1)N1CCCc2ccccc21. The maximum Gasteiger partial charge on any atom is 0.0498 e. The molecule has 1 atom stereocenters. The molecule has 1 fully saturated rings. The van der Waals surface area contributed by atoms with Gasteiger partial charge in [0.2, 0.25) is 0 Å². The van der Waals surface area contributed by atoms with E-state index in [4.69, 9.17) is 5.73 Å². The Labute approximate surface area is 117 Å². The lowest BCUT2D eigenvalue weighted by Gasteiger charge is -2.48. The molecular weight excluding hydrogens is 232 g/mol. The van der Waals surface area contributed by atoms with E-state index in [0.717, 1.165) is 19.0 Å². The summed E-state index contributed by atoms with van der Waals surface area (Å²) >= 11 is 0. The molecule has 0 bridgehead atoms.